The molecule has 1 aliphatic rings. The van der Waals surface area contributed by atoms with Gasteiger partial charge in [-0.05, 0) is 68.8 Å². The monoisotopic (exact) mass is 399 g/mol. The summed E-state index contributed by atoms with van der Waals surface area (Å²) in [6, 6.07) is 4.90. The molecule has 1 fully saturated rings. The predicted octanol–water partition coefficient (Wildman–Crippen LogP) is 3.40. The number of rotatable bonds is 4. The van der Waals surface area contributed by atoms with Crippen LogP contribution >= 0.6 is 11.8 Å². The fraction of sp³-hybridized carbons (Fsp3) is 0.300. The summed E-state index contributed by atoms with van der Waals surface area (Å²) in [5, 5.41) is -0.483. The van der Waals surface area contributed by atoms with Gasteiger partial charge in [0, 0.05) is 17.6 Å². The van der Waals surface area contributed by atoms with E-state index in [0.29, 0.717) is 0 Å². The fourth-order valence-corrected chi connectivity index (χ4v) is 4.01. The standard InChI is InChI=1S/C20H21N3O4S/c1-11-6-7-17(21-10-11)22-12(2)8-15(13(22)3)9-16-18(24)23(20(26)28-16)14(4)19(25)27-5/h6-10,14H,1-5H3/b16-9+/t14-/m0/s1. The van der Waals surface area contributed by atoms with Crippen LogP contribution in [0.5, 0.6) is 0 Å². The second-order valence-corrected chi connectivity index (χ2v) is 7.60. The number of esters is 1. The van der Waals surface area contributed by atoms with Crippen molar-refractivity contribution < 1.29 is 19.1 Å². The lowest BCUT2D eigenvalue weighted by atomic mass is 10.2. The molecule has 1 aliphatic heterocycles. The molecule has 0 saturated carbocycles. The second-order valence-electron chi connectivity index (χ2n) is 6.61. The minimum absolute atomic E-state index is 0.276. The number of imide groups is 1. The van der Waals surface area contributed by atoms with Crippen molar-refractivity contribution in [3.63, 3.8) is 0 Å². The maximum atomic E-state index is 12.7. The Morgan fingerprint density at radius 2 is 1.96 bits per heavy atom. The first-order valence-electron chi connectivity index (χ1n) is 8.71. The SMILES string of the molecule is COC(=O)[C@H](C)N1C(=O)S/C(=C/c2cc(C)n(-c3ccc(C)cn3)c2C)C1=O. The van der Waals surface area contributed by atoms with Gasteiger partial charge in [0.25, 0.3) is 11.1 Å². The number of pyridine rings is 1. The number of carbonyl (C=O) groups excluding carboxylic acids is 3. The van der Waals surface area contributed by atoms with Crippen molar-refractivity contribution in [1.29, 1.82) is 0 Å². The van der Waals surface area contributed by atoms with Crippen LogP contribution in [0.3, 0.4) is 0 Å². The highest BCUT2D eigenvalue weighted by molar-refractivity contribution is 8.18. The zero-order chi connectivity index (χ0) is 20.6. The third-order valence-corrected chi connectivity index (χ3v) is 5.52. The van der Waals surface area contributed by atoms with E-state index in [9.17, 15) is 14.4 Å². The van der Waals surface area contributed by atoms with Gasteiger partial charge in [-0.15, -0.1) is 0 Å². The molecule has 2 aromatic rings. The number of carbonyl (C=O) groups is 3. The van der Waals surface area contributed by atoms with Crippen molar-refractivity contribution in [2.75, 3.05) is 7.11 Å². The van der Waals surface area contributed by atoms with E-state index in [1.165, 1.54) is 14.0 Å². The Morgan fingerprint density at radius 3 is 2.57 bits per heavy atom. The Hall–Kier alpha value is -2.87. The smallest absolute Gasteiger partial charge is 0.328 e. The average Bonchev–Trinajstić information content (AvgIpc) is 3.10. The molecule has 0 bridgehead atoms. The van der Waals surface area contributed by atoms with Crippen molar-refractivity contribution in [3.8, 4) is 5.82 Å². The van der Waals surface area contributed by atoms with E-state index in [1.807, 2.05) is 43.5 Å². The fourth-order valence-electron chi connectivity index (χ4n) is 3.11. The maximum Gasteiger partial charge on any atom is 0.328 e. The summed E-state index contributed by atoms with van der Waals surface area (Å²) in [5.74, 6) is -0.342. The maximum absolute atomic E-state index is 12.7. The minimum Gasteiger partial charge on any atom is -0.467 e. The number of amides is 2. The van der Waals surface area contributed by atoms with Crippen molar-refractivity contribution >= 4 is 35.0 Å². The molecular weight excluding hydrogens is 378 g/mol. The van der Waals surface area contributed by atoms with Crippen LogP contribution in [0.15, 0.2) is 29.3 Å². The molecule has 1 saturated heterocycles. The van der Waals surface area contributed by atoms with Crippen LogP contribution in [-0.2, 0) is 14.3 Å². The van der Waals surface area contributed by atoms with E-state index in [-0.39, 0.29) is 4.91 Å². The molecule has 2 aromatic heterocycles. The molecule has 0 spiro atoms. The Labute approximate surface area is 167 Å². The molecule has 7 nitrogen and oxygen atoms in total. The molecule has 0 aliphatic carbocycles. The number of ether oxygens (including phenoxy) is 1. The third-order valence-electron chi connectivity index (χ3n) is 4.63. The van der Waals surface area contributed by atoms with E-state index >= 15 is 0 Å². The molecule has 8 heteroatoms. The number of aryl methyl sites for hydroxylation is 2. The van der Waals surface area contributed by atoms with Crippen molar-refractivity contribution in [1.82, 2.24) is 14.5 Å². The average molecular weight is 399 g/mol. The highest BCUT2D eigenvalue weighted by Gasteiger charge is 2.41. The Bertz CT molecular complexity index is 992. The lowest BCUT2D eigenvalue weighted by molar-refractivity contribution is -0.148. The van der Waals surface area contributed by atoms with Crippen LogP contribution in [0, 0.1) is 20.8 Å². The first-order chi connectivity index (χ1) is 13.2. The zero-order valence-corrected chi connectivity index (χ0v) is 17.2. The highest BCUT2D eigenvalue weighted by atomic mass is 32.2. The number of methoxy groups -OCH3 is 1. The molecule has 0 radical (unpaired) electrons. The molecule has 28 heavy (non-hydrogen) atoms. The molecule has 0 aromatic carbocycles. The number of hydrogen-bond donors (Lipinski definition) is 0. The van der Waals surface area contributed by atoms with Crippen LogP contribution in [-0.4, -0.2) is 44.7 Å². The summed E-state index contributed by atoms with van der Waals surface area (Å²) in [5.41, 5.74) is 3.75. The van der Waals surface area contributed by atoms with Gasteiger partial charge >= 0.3 is 5.97 Å². The number of aromatic nitrogens is 2. The Kier molecular flexibility index (Phi) is 5.42. The molecule has 3 rings (SSSR count). The molecule has 146 valence electrons. The lowest BCUT2D eigenvalue weighted by Gasteiger charge is -2.18. The number of nitrogens with zero attached hydrogens (tertiary/aromatic N) is 3. The van der Waals surface area contributed by atoms with Crippen LogP contribution in [0.4, 0.5) is 4.79 Å². The van der Waals surface area contributed by atoms with Gasteiger partial charge in [-0.2, -0.15) is 0 Å². The van der Waals surface area contributed by atoms with Gasteiger partial charge in [0.15, 0.2) is 0 Å². The van der Waals surface area contributed by atoms with E-state index < -0.39 is 23.2 Å². The van der Waals surface area contributed by atoms with Gasteiger partial charge in [-0.3, -0.25) is 14.5 Å². The van der Waals surface area contributed by atoms with Gasteiger partial charge in [0.05, 0.1) is 12.0 Å². The first-order valence-corrected chi connectivity index (χ1v) is 9.53. The van der Waals surface area contributed by atoms with E-state index in [0.717, 1.165) is 45.0 Å². The third kappa shape index (κ3) is 3.47. The van der Waals surface area contributed by atoms with Gasteiger partial charge < -0.3 is 9.30 Å². The van der Waals surface area contributed by atoms with Crippen LogP contribution < -0.4 is 0 Å². The van der Waals surface area contributed by atoms with Gasteiger partial charge in [0.1, 0.15) is 11.9 Å². The molecule has 3 heterocycles. The first kappa shape index (κ1) is 19.9. The summed E-state index contributed by atoms with van der Waals surface area (Å²) in [4.78, 5) is 42.3. The summed E-state index contributed by atoms with van der Waals surface area (Å²) in [7, 11) is 1.22. The molecule has 2 amide bonds. The molecule has 1 atom stereocenters. The van der Waals surface area contributed by atoms with E-state index in [1.54, 1.807) is 12.3 Å². The van der Waals surface area contributed by atoms with Gasteiger partial charge in [-0.25, -0.2) is 9.78 Å². The summed E-state index contributed by atoms with van der Waals surface area (Å²) in [6.45, 7) is 7.34. The Balaban J connectivity index is 1.95. The summed E-state index contributed by atoms with van der Waals surface area (Å²) < 4.78 is 6.64. The van der Waals surface area contributed by atoms with Gasteiger partial charge in [-0.1, -0.05) is 6.07 Å². The topological polar surface area (TPSA) is 81.5 Å². The second kappa shape index (κ2) is 7.63. The molecule has 0 N–H and O–H groups in total. The summed E-state index contributed by atoms with van der Waals surface area (Å²) in [6.07, 6.45) is 3.48. The van der Waals surface area contributed by atoms with Crippen molar-refractivity contribution in [2.24, 2.45) is 0 Å². The lowest BCUT2D eigenvalue weighted by Crippen LogP contribution is -2.42. The van der Waals surface area contributed by atoms with Crippen molar-refractivity contribution in [2.45, 2.75) is 33.7 Å². The molecule has 0 unspecified atom stereocenters. The van der Waals surface area contributed by atoms with Crippen LogP contribution in [0.2, 0.25) is 0 Å². The zero-order valence-electron chi connectivity index (χ0n) is 16.3. The number of thioether (sulfide) groups is 1. The van der Waals surface area contributed by atoms with E-state index in [2.05, 4.69) is 9.72 Å². The molecular formula is C20H21N3O4S. The quantitative estimate of drug-likeness (QED) is 0.579. The van der Waals surface area contributed by atoms with Crippen LogP contribution in [0.25, 0.3) is 11.9 Å². The van der Waals surface area contributed by atoms with Gasteiger partial charge in [0.2, 0.25) is 0 Å². The minimum atomic E-state index is -0.965. The Morgan fingerprint density at radius 1 is 1.25 bits per heavy atom. The van der Waals surface area contributed by atoms with E-state index in [4.69, 9.17) is 0 Å². The predicted molar refractivity (Wildman–Crippen MR) is 107 cm³/mol. The normalized spacial score (nSPS) is 16.8. The van der Waals surface area contributed by atoms with Crippen molar-refractivity contribution in [3.05, 3.63) is 51.8 Å². The number of hydrogen-bond acceptors (Lipinski definition) is 6. The largest absolute Gasteiger partial charge is 0.467 e. The summed E-state index contributed by atoms with van der Waals surface area (Å²) >= 11 is 0.820. The van der Waals surface area contributed by atoms with Crippen LogP contribution in [0.1, 0.15) is 29.4 Å². The highest BCUT2D eigenvalue weighted by Crippen LogP contribution is 2.35.